The van der Waals surface area contributed by atoms with E-state index in [1.165, 1.54) is 14.2 Å². The van der Waals surface area contributed by atoms with Crippen LogP contribution in [-0.2, 0) is 18.4 Å². The predicted molar refractivity (Wildman–Crippen MR) is 56.3 cm³/mol. The minimum Gasteiger partial charge on any atom is -0.475 e. The summed E-state index contributed by atoms with van der Waals surface area (Å²) in [6.45, 7) is 0.904. The van der Waals surface area contributed by atoms with Crippen LogP contribution in [0.2, 0.25) is 0 Å². The van der Waals surface area contributed by atoms with Crippen molar-refractivity contribution < 1.29 is 36.7 Å². The van der Waals surface area contributed by atoms with Crippen molar-refractivity contribution in [1.82, 2.24) is 5.32 Å². The van der Waals surface area contributed by atoms with E-state index >= 15 is 0 Å². The molecule has 1 aliphatic heterocycles. The number of rotatable bonds is 3. The van der Waals surface area contributed by atoms with Gasteiger partial charge in [0.2, 0.25) is 0 Å². The van der Waals surface area contributed by atoms with Crippen LogP contribution in [0.4, 0.5) is 13.2 Å². The van der Waals surface area contributed by atoms with Crippen LogP contribution in [0.1, 0.15) is 12.8 Å². The summed E-state index contributed by atoms with van der Waals surface area (Å²) < 4.78 is 53.1. The third-order valence-electron chi connectivity index (χ3n) is 2.17. The molecule has 10 heteroatoms. The summed E-state index contributed by atoms with van der Waals surface area (Å²) in [6, 6.07) is 0. The maximum absolute atomic E-state index is 11.6. The topological polar surface area (TPSA) is 84.9 Å². The first kappa shape index (κ1) is 17.4. The van der Waals surface area contributed by atoms with Gasteiger partial charge in [-0.25, -0.2) is 4.79 Å². The molecule has 0 aromatic heterocycles. The van der Waals surface area contributed by atoms with Crippen molar-refractivity contribution >= 4 is 13.6 Å². The molecule has 0 bridgehead atoms. The highest BCUT2D eigenvalue weighted by Crippen LogP contribution is 2.52. The molecule has 0 saturated carbocycles. The van der Waals surface area contributed by atoms with Crippen molar-refractivity contribution in [1.29, 1.82) is 0 Å². The molecule has 0 amide bonds. The summed E-state index contributed by atoms with van der Waals surface area (Å²) in [5.41, 5.74) is 0. The first-order valence-electron chi connectivity index (χ1n) is 4.92. The summed E-state index contributed by atoms with van der Waals surface area (Å²) in [4.78, 5) is 8.90. The summed E-state index contributed by atoms with van der Waals surface area (Å²) in [5, 5.41) is 10.2. The lowest BCUT2D eigenvalue weighted by Crippen LogP contribution is -2.22. The van der Waals surface area contributed by atoms with Crippen LogP contribution < -0.4 is 5.32 Å². The fraction of sp³-hybridized carbons (Fsp3) is 0.875. The van der Waals surface area contributed by atoms with Gasteiger partial charge in [-0.05, 0) is 19.4 Å². The minimum atomic E-state index is -5.08. The van der Waals surface area contributed by atoms with Crippen LogP contribution >= 0.6 is 7.60 Å². The predicted octanol–water partition coefficient (Wildman–Crippen LogP) is 1.82. The molecular weight excluding hydrogens is 278 g/mol. The van der Waals surface area contributed by atoms with Gasteiger partial charge in [0.25, 0.3) is 0 Å². The summed E-state index contributed by atoms with van der Waals surface area (Å²) in [6.07, 6.45) is -3.17. The summed E-state index contributed by atoms with van der Waals surface area (Å²) in [7, 11) is 0.00193. The zero-order valence-corrected chi connectivity index (χ0v) is 10.8. The van der Waals surface area contributed by atoms with E-state index in [-0.39, 0.29) is 5.78 Å². The van der Waals surface area contributed by atoms with Crippen molar-refractivity contribution in [2.24, 2.45) is 0 Å². The molecule has 1 fully saturated rings. The van der Waals surface area contributed by atoms with Crippen LogP contribution in [-0.4, -0.2) is 43.8 Å². The van der Waals surface area contributed by atoms with Gasteiger partial charge in [0.05, 0.1) is 0 Å². The molecule has 0 aliphatic carbocycles. The Morgan fingerprint density at radius 3 is 2.06 bits per heavy atom. The molecule has 1 heterocycles. The number of carbonyl (C=O) groups is 1. The van der Waals surface area contributed by atoms with E-state index in [0.29, 0.717) is 0 Å². The molecule has 0 aromatic carbocycles. The van der Waals surface area contributed by atoms with E-state index in [0.717, 1.165) is 19.4 Å². The molecule has 1 aliphatic rings. The highest BCUT2D eigenvalue weighted by Gasteiger charge is 2.38. The number of nitrogens with one attached hydrogen (secondary N) is 1. The largest absolute Gasteiger partial charge is 0.490 e. The van der Waals surface area contributed by atoms with Crippen molar-refractivity contribution in [2.45, 2.75) is 24.8 Å². The number of halogens is 3. The van der Waals surface area contributed by atoms with Gasteiger partial charge in [-0.2, -0.15) is 13.2 Å². The summed E-state index contributed by atoms with van der Waals surface area (Å²) in [5.74, 6) is -2.86. The second kappa shape index (κ2) is 7.08. The van der Waals surface area contributed by atoms with Gasteiger partial charge in [-0.1, -0.05) is 0 Å². The molecule has 108 valence electrons. The van der Waals surface area contributed by atoms with E-state index in [1.807, 2.05) is 0 Å². The molecule has 18 heavy (non-hydrogen) atoms. The Bertz CT molecular complexity index is 308. The van der Waals surface area contributed by atoms with Crippen molar-refractivity contribution in [3.05, 3.63) is 0 Å². The zero-order chi connectivity index (χ0) is 14.4. The molecule has 0 radical (unpaired) electrons. The Hall–Kier alpha value is -0.630. The Labute approximate surface area is 102 Å². The maximum Gasteiger partial charge on any atom is 0.490 e. The summed E-state index contributed by atoms with van der Waals surface area (Å²) >= 11 is 0. The van der Waals surface area contributed by atoms with Gasteiger partial charge in [0.1, 0.15) is 5.78 Å². The molecule has 1 unspecified atom stereocenters. The van der Waals surface area contributed by atoms with Crippen molar-refractivity contribution in [3.8, 4) is 0 Å². The molecular formula is C8H15F3NO5P. The first-order valence-corrected chi connectivity index (χ1v) is 6.53. The Balaban J connectivity index is 0.000000360. The highest BCUT2D eigenvalue weighted by molar-refractivity contribution is 7.54. The smallest absolute Gasteiger partial charge is 0.475 e. The molecule has 0 aromatic rings. The second-order valence-electron chi connectivity index (χ2n) is 3.32. The third-order valence-corrected chi connectivity index (χ3v) is 4.39. The lowest BCUT2D eigenvalue weighted by molar-refractivity contribution is -0.192. The molecule has 6 nitrogen and oxygen atoms in total. The number of alkyl halides is 3. The van der Waals surface area contributed by atoms with Crippen molar-refractivity contribution in [2.75, 3.05) is 20.8 Å². The van der Waals surface area contributed by atoms with Gasteiger partial charge >= 0.3 is 19.7 Å². The van der Waals surface area contributed by atoms with Gasteiger partial charge < -0.3 is 19.5 Å². The SMILES string of the molecule is COP(=O)(OC)C1CCCN1.O=C(O)C(F)(F)F. The second-order valence-corrected chi connectivity index (χ2v) is 5.75. The fourth-order valence-electron chi connectivity index (χ4n) is 1.27. The average molecular weight is 293 g/mol. The Morgan fingerprint density at radius 1 is 1.39 bits per heavy atom. The third kappa shape index (κ3) is 5.34. The van der Waals surface area contributed by atoms with E-state index in [2.05, 4.69) is 5.32 Å². The molecule has 1 saturated heterocycles. The van der Waals surface area contributed by atoms with Gasteiger partial charge in [0, 0.05) is 14.2 Å². The molecule has 1 rings (SSSR count). The molecule has 2 N–H and O–H groups in total. The van der Waals surface area contributed by atoms with E-state index < -0.39 is 19.7 Å². The molecule has 1 atom stereocenters. The minimum absolute atomic E-state index is 0.0995. The van der Waals surface area contributed by atoms with Crippen LogP contribution in [0.25, 0.3) is 0 Å². The lowest BCUT2D eigenvalue weighted by Gasteiger charge is -2.19. The highest BCUT2D eigenvalue weighted by atomic mass is 31.2. The lowest BCUT2D eigenvalue weighted by atomic mass is 10.4. The van der Waals surface area contributed by atoms with Crippen LogP contribution in [0.3, 0.4) is 0 Å². The quantitative estimate of drug-likeness (QED) is 0.772. The number of carboxylic acid groups (broad SMARTS) is 1. The Morgan fingerprint density at radius 2 is 1.83 bits per heavy atom. The Kier molecular flexibility index (Phi) is 6.83. The van der Waals surface area contributed by atoms with Crippen LogP contribution in [0, 0.1) is 0 Å². The van der Waals surface area contributed by atoms with Gasteiger partial charge in [-0.15, -0.1) is 0 Å². The normalized spacial score (nSPS) is 20.2. The monoisotopic (exact) mass is 293 g/mol. The fourth-order valence-corrected chi connectivity index (χ4v) is 2.77. The van der Waals surface area contributed by atoms with E-state index in [1.54, 1.807) is 0 Å². The number of hydrogen-bond acceptors (Lipinski definition) is 5. The van der Waals surface area contributed by atoms with Gasteiger partial charge in [0.15, 0.2) is 0 Å². The van der Waals surface area contributed by atoms with Crippen molar-refractivity contribution in [3.63, 3.8) is 0 Å². The average Bonchev–Trinajstić information content (AvgIpc) is 2.81. The zero-order valence-electron chi connectivity index (χ0n) is 9.86. The van der Waals surface area contributed by atoms with E-state index in [9.17, 15) is 17.7 Å². The first-order chi connectivity index (χ1) is 8.17. The standard InChI is InChI=1S/C6H14NO3P.C2HF3O2/c1-9-11(8,10-2)6-4-3-5-7-6;3-2(4,5)1(6)7/h6-7H,3-5H2,1-2H3;(H,6,7). The van der Waals surface area contributed by atoms with Crippen LogP contribution in [0.15, 0.2) is 0 Å². The van der Waals surface area contributed by atoms with Gasteiger partial charge in [-0.3, -0.25) is 4.57 Å². The van der Waals surface area contributed by atoms with Crippen LogP contribution in [0.5, 0.6) is 0 Å². The molecule has 0 spiro atoms. The number of carboxylic acids is 1. The maximum atomic E-state index is 11.6. The number of aliphatic carboxylic acids is 1. The number of hydrogen-bond donors (Lipinski definition) is 2. The van der Waals surface area contributed by atoms with E-state index in [4.69, 9.17) is 18.9 Å².